The van der Waals surface area contributed by atoms with Crippen LogP contribution in [0.4, 0.5) is 5.13 Å². The molecule has 3 N–H and O–H groups in total. The Hall–Kier alpha value is -1.17. The number of carbonyl (C=O) groups excluding carboxylic acids is 1. The number of carbonyl (C=O) groups is 1. The number of nitrogens with zero attached hydrogens (tertiary/aromatic N) is 2. The van der Waals surface area contributed by atoms with Crippen LogP contribution in [0.2, 0.25) is 0 Å². The van der Waals surface area contributed by atoms with Crippen LogP contribution >= 0.6 is 11.3 Å². The number of anilines is 1. The van der Waals surface area contributed by atoms with E-state index in [0.717, 1.165) is 30.6 Å². The predicted molar refractivity (Wildman–Crippen MR) is 58.7 cm³/mol. The second kappa shape index (κ2) is 3.77. The molecular weight excluding hydrogens is 212 g/mol. The van der Waals surface area contributed by atoms with Crippen LogP contribution in [0.15, 0.2) is 0 Å². The van der Waals surface area contributed by atoms with Gasteiger partial charge in [-0.3, -0.25) is 4.79 Å². The van der Waals surface area contributed by atoms with Crippen LogP contribution in [0.25, 0.3) is 0 Å². The number of hydrogen-bond acceptors (Lipinski definition) is 5. The van der Waals surface area contributed by atoms with Gasteiger partial charge in [0.1, 0.15) is 0 Å². The van der Waals surface area contributed by atoms with E-state index in [4.69, 9.17) is 5.73 Å². The fourth-order valence-corrected chi connectivity index (χ4v) is 2.30. The summed E-state index contributed by atoms with van der Waals surface area (Å²) in [7, 11) is 0. The lowest BCUT2D eigenvalue weighted by atomic mass is 9.75. The Bertz CT molecular complexity index is 366. The molecule has 0 bridgehead atoms. The second-order valence-electron chi connectivity index (χ2n) is 3.89. The van der Waals surface area contributed by atoms with Crippen molar-refractivity contribution in [2.45, 2.75) is 38.1 Å². The average molecular weight is 226 g/mol. The molecule has 0 unspecified atom stereocenters. The summed E-state index contributed by atoms with van der Waals surface area (Å²) in [6.07, 6.45) is 4.27. The summed E-state index contributed by atoms with van der Waals surface area (Å²) in [5, 5.41) is 11.1. The maximum Gasteiger partial charge on any atom is 0.282 e. The quantitative estimate of drug-likeness (QED) is 0.811. The van der Waals surface area contributed by atoms with Gasteiger partial charge in [0.15, 0.2) is 0 Å². The summed E-state index contributed by atoms with van der Waals surface area (Å²) in [5.41, 5.74) is 5.42. The molecule has 1 aromatic heterocycles. The highest BCUT2D eigenvalue weighted by Crippen LogP contribution is 2.34. The van der Waals surface area contributed by atoms with Crippen LogP contribution in [0.3, 0.4) is 0 Å². The zero-order valence-electron chi connectivity index (χ0n) is 8.62. The highest BCUT2D eigenvalue weighted by atomic mass is 32.1. The van der Waals surface area contributed by atoms with Crippen molar-refractivity contribution >= 4 is 22.4 Å². The standard InChI is InChI=1S/C9H14N4OS/c1-2-9(4-3-5-9)11-6(14)7-12-13-8(10)15-7/h2-5H2,1H3,(H2,10,13)(H,11,14). The van der Waals surface area contributed by atoms with Crippen LogP contribution in [0, 0.1) is 0 Å². The van der Waals surface area contributed by atoms with Gasteiger partial charge < -0.3 is 11.1 Å². The molecule has 1 saturated carbocycles. The highest BCUT2D eigenvalue weighted by Gasteiger charge is 2.37. The second-order valence-corrected chi connectivity index (χ2v) is 4.90. The zero-order valence-corrected chi connectivity index (χ0v) is 9.43. The summed E-state index contributed by atoms with van der Waals surface area (Å²) in [5.74, 6) is -0.147. The maximum absolute atomic E-state index is 11.8. The number of nitrogen functional groups attached to an aromatic ring is 1. The molecule has 0 saturated heterocycles. The fourth-order valence-electron chi connectivity index (χ4n) is 1.79. The van der Waals surface area contributed by atoms with Crippen molar-refractivity contribution in [1.29, 1.82) is 0 Å². The van der Waals surface area contributed by atoms with Crippen molar-refractivity contribution in [3.63, 3.8) is 0 Å². The molecule has 0 aromatic carbocycles. The van der Waals surface area contributed by atoms with Gasteiger partial charge in [0, 0.05) is 5.54 Å². The zero-order chi connectivity index (χ0) is 10.9. The van der Waals surface area contributed by atoms with E-state index in [1.165, 1.54) is 6.42 Å². The van der Waals surface area contributed by atoms with Crippen molar-refractivity contribution in [3.8, 4) is 0 Å². The van der Waals surface area contributed by atoms with Gasteiger partial charge >= 0.3 is 0 Å². The van der Waals surface area contributed by atoms with E-state index in [1.807, 2.05) is 0 Å². The van der Waals surface area contributed by atoms with E-state index in [2.05, 4.69) is 22.4 Å². The predicted octanol–water partition coefficient (Wildman–Crippen LogP) is 1.18. The first kappa shape index (κ1) is 10.4. The lowest BCUT2D eigenvalue weighted by Gasteiger charge is -2.41. The van der Waals surface area contributed by atoms with Gasteiger partial charge in [0.25, 0.3) is 5.91 Å². The molecule has 82 valence electrons. The summed E-state index contributed by atoms with van der Waals surface area (Å²) in [4.78, 5) is 11.8. The molecular formula is C9H14N4OS. The number of aromatic nitrogens is 2. The Kier molecular flexibility index (Phi) is 2.60. The van der Waals surface area contributed by atoms with Gasteiger partial charge in [-0.1, -0.05) is 18.3 Å². The largest absolute Gasteiger partial charge is 0.374 e. The highest BCUT2D eigenvalue weighted by molar-refractivity contribution is 7.16. The number of hydrogen-bond donors (Lipinski definition) is 2. The lowest BCUT2D eigenvalue weighted by Crippen LogP contribution is -2.52. The van der Waals surface area contributed by atoms with Crippen molar-refractivity contribution in [2.75, 3.05) is 5.73 Å². The van der Waals surface area contributed by atoms with Crippen LogP contribution in [0.1, 0.15) is 42.4 Å². The third-order valence-corrected chi connectivity index (χ3v) is 3.75. The Balaban J connectivity index is 2.03. The van der Waals surface area contributed by atoms with Gasteiger partial charge in [-0.15, -0.1) is 10.2 Å². The minimum atomic E-state index is -0.147. The topological polar surface area (TPSA) is 80.9 Å². The van der Waals surface area contributed by atoms with Crippen LogP contribution in [-0.2, 0) is 0 Å². The molecule has 1 aliphatic carbocycles. The molecule has 1 aromatic rings. The normalized spacial score (nSPS) is 18.2. The minimum Gasteiger partial charge on any atom is -0.374 e. The van der Waals surface area contributed by atoms with Gasteiger partial charge in [-0.2, -0.15) is 0 Å². The molecule has 15 heavy (non-hydrogen) atoms. The number of nitrogens with two attached hydrogens (primary N) is 1. The van der Waals surface area contributed by atoms with Crippen molar-refractivity contribution < 1.29 is 4.79 Å². The molecule has 0 spiro atoms. The summed E-state index contributed by atoms with van der Waals surface area (Å²) >= 11 is 1.13. The third kappa shape index (κ3) is 1.94. The van der Waals surface area contributed by atoms with Crippen molar-refractivity contribution in [1.82, 2.24) is 15.5 Å². The number of nitrogens with one attached hydrogen (secondary N) is 1. The molecule has 5 nitrogen and oxygen atoms in total. The molecule has 0 atom stereocenters. The smallest absolute Gasteiger partial charge is 0.282 e. The van der Waals surface area contributed by atoms with Gasteiger partial charge in [0.2, 0.25) is 10.1 Å². The van der Waals surface area contributed by atoms with Gasteiger partial charge in [0.05, 0.1) is 0 Å². The van der Waals surface area contributed by atoms with E-state index in [9.17, 15) is 4.79 Å². The van der Waals surface area contributed by atoms with E-state index in [0.29, 0.717) is 10.1 Å². The Morgan fingerprint density at radius 1 is 1.60 bits per heavy atom. The lowest BCUT2D eigenvalue weighted by molar-refractivity contribution is 0.0819. The molecule has 0 radical (unpaired) electrons. The van der Waals surface area contributed by atoms with Crippen molar-refractivity contribution in [2.24, 2.45) is 0 Å². The fraction of sp³-hybridized carbons (Fsp3) is 0.667. The molecule has 1 amide bonds. The molecule has 1 aliphatic rings. The molecule has 1 fully saturated rings. The van der Waals surface area contributed by atoms with Crippen LogP contribution < -0.4 is 11.1 Å². The Labute approximate surface area is 92.1 Å². The van der Waals surface area contributed by atoms with Crippen LogP contribution in [0.5, 0.6) is 0 Å². The van der Waals surface area contributed by atoms with E-state index < -0.39 is 0 Å². The van der Waals surface area contributed by atoms with E-state index >= 15 is 0 Å². The first-order valence-electron chi connectivity index (χ1n) is 5.07. The number of amides is 1. The van der Waals surface area contributed by atoms with E-state index in [1.54, 1.807) is 0 Å². The number of rotatable bonds is 3. The third-order valence-electron chi connectivity index (χ3n) is 3.00. The molecule has 2 rings (SSSR count). The summed E-state index contributed by atoms with van der Waals surface area (Å²) in [6, 6.07) is 0. The first-order chi connectivity index (χ1) is 7.15. The Morgan fingerprint density at radius 2 is 2.33 bits per heavy atom. The SMILES string of the molecule is CCC1(NC(=O)c2nnc(N)s2)CCC1. The van der Waals surface area contributed by atoms with Crippen molar-refractivity contribution in [3.05, 3.63) is 5.01 Å². The Morgan fingerprint density at radius 3 is 2.73 bits per heavy atom. The van der Waals surface area contributed by atoms with Gasteiger partial charge in [-0.25, -0.2) is 0 Å². The molecule has 0 aliphatic heterocycles. The summed E-state index contributed by atoms with van der Waals surface area (Å²) < 4.78 is 0. The maximum atomic E-state index is 11.8. The first-order valence-corrected chi connectivity index (χ1v) is 5.88. The molecule has 6 heteroatoms. The minimum absolute atomic E-state index is 0.00247. The average Bonchev–Trinajstić information content (AvgIpc) is 2.58. The molecule has 1 heterocycles. The van der Waals surface area contributed by atoms with Gasteiger partial charge in [-0.05, 0) is 25.7 Å². The van der Waals surface area contributed by atoms with E-state index in [-0.39, 0.29) is 11.4 Å². The summed E-state index contributed by atoms with van der Waals surface area (Å²) in [6.45, 7) is 2.09. The van der Waals surface area contributed by atoms with Crippen LogP contribution in [-0.4, -0.2) is 21.6 Å². The monoisotopic (exact) mass is 226 g/mol.